The third-order valence-corrected chi connectivity index (χ3v) is 4.29. The van der Waals surface area contributed by atoms with Crippen molar-refractivity contribution in [2.75, 3.05) is 6.54 Å². The van der Waals surface area contributed by atoms with Crippen LogP contribution in [0.3, 0.4) is 0 Å². The second-order valence-electron chi connectivity index (χ2n) is 5.88. The lowest BCUT2D eigenvalue weighted by Crippen LogP contribution is -2.04. The second kappa shape index (κ2) is 10.2. The molecule has 0 unspecified atom stereocenters. The van der Waals surface area contributed by atoms with Gasteiger partial charge in [-0.1, -0.05) is 44.6 Å². The van der Waals surface area contributed by atoms with Gasteiger partial charge in [0.1, 0.15) is 0 Å². The van der Waals surface area contributed by atoms with E-state index in [0.717, 1.165) is 6.54 Å². The number of hydrogen-bond donors (Lipinski definition) is 0. The van der Waals surface area contributed by atoms with Crippen molar-refractivity contribution in [3.05, 3.63) is 11.6 Å². The molecule has 2 heteroatoms. The first-order valence-corrected chi connectivity index (χ1v) is 8.19. The number of nitrogens with zero attached hydrogens (tertiary/aromatic N) is 1. The van der Waals surface area contributed by atoms with Gasteiger partial charge in [0, 0.05) is 12.3 Å². The van der Waals surface area contributed by atoms with Crippen LogP contribution in [0.15, 0.2) is 16.6 Å². The molecule has 2 aliphatic rings. The molecule has 0 fully saturated rings. The van der Waals surface area contributed by atoms with Crippen molar-refractivity contribution in [2.24, 2.45) is 4.99 Å². The summed E-state index contributed by atoms with van der Waals surface area (Å²) in [5.41, 5.74) is 3.08. The number of hydrogen-bond acceptors (Lipinski definition) is 1. The smallest absolute Gasteiger partial charge is 0.0392 e. The van der Waals surface area contributed by atoms with Crippen LogP contribution in [-0.4, -0.2) is 17.7 Å². The molecule has 0 aromatic carbocycles. The van der Waals surface area contributed by atoms with Gasteiger partial charge in [-0.3, -0.25) is 4.99 Å². The zero-order valence-electron chi connectivity index (χ0n) is 12.4. The predicted molar refractivity (Wildman–Crippen MR) is 84.0 cm³/mol. The summed E-state index contributed by atoms with van der Waals surface area (Å²) < 4.78 is 0. The zero-order chi connectivity index (χ0) is 12.5. The maximum absolute atomic E-state index is 4.92. The summed E-state index contributed by atoms with van der Waals surface area (Å²) in [6.07, 6.45) is 20.3. The summed E-state index contributed by atoms with van der Waals surface area (Å²) in [5, 5.41) is 0. The summed E-state index contributed by atoms with van der Waals surface area (Å²) >= 11 is 0. The lowest BCUT2D eigenvalue weighted by molar-refractivity contribution is 0.630. The quantitative estimate of drug-likeness (QED) is 0.663. The van der Waals surface area contributed by atoms with E-state index in [4.69, 9.17) is 4.99 Å². The summed E-state index contributed by atoms with van der Waals surface area (Å²) in [6.45, 7) is 1.08. The molecule has 0 saturated carbocycles. The standard InChI is InChI=1S/C17H29N.H2O/c1-2-5-9-13-16(12-8-4-1)17-14-10-6-3-7-11-15-18-17;/h12H,1-11,13-15H2;1H2. The Morgan fingerprint density at radius 2 is 1.32 bits per heavy atom. The minimum absolute atomic E-state index is 0. The Morgan fingerprint density at radius 1 is 0.684 bits per heavy atom. The van der Waals surface area contributed by atoms with Gasteiger partial charge in [-0.05, 0) is 50.5 Å². The molecule has 0 spiro atoms. The van der Waals surface area contributed by atoms with E-state index in [2.05, 4.69) is 6.08 Å². The van der Waals surface area contributed by atoms with Gasteiger partial charge in [-0.2, -0.15) is 0 Å². The highest BCUT2D eigenvalue weighted by molar-refractivity contribution is 6.00. The lowest BCUT2D eigenvalue weighted by atomic mass is 9.98. The Labute approximate surface area is 118 Å². The van der Waals surface area contributed by atoms with Crippen LogP contribution < -0.4 is 0 Å². The normalized spacial score (nSPS) is 23.2. The SMILES string of the molecule is C1=C(C2=NCCCCCCC2)CCCCCCC1.O. The van der Waals surface area contributed by atoms with Crippen LogP contribution in [0.1, 0.15) is 83.5 Å². The van der Waals surface area contributed by atoms with Gasteiger partial charge in [0.25, 0.3) is 0 Å². The van der Waals surface area contributed by atoms with Crippen LogP contribution in [0.25, 0.3) is 0 Å². The van der Waals surface area contributed by atoms with Gasteiger partial charge < -0.3 is 5.48 Å². The molecule has 0 atom stereocenters. The maximum atomic E-state index is 4.92. The molecule has 2 nitrogen and oxygen atoms in total. The molecule has 1 aliphatic heterocycles. The molecule has 0 saturated heterocycles. The van der Waals surface area contributed by atoms with E-state index in [0.29, 0.717) is 0 Å². The molecule has 1 heterocycles. The molecule has 0 aromatic rings. The fourth-order valence-electron chi connectivity index (χ4n) is 3.12. The van der Waals surface area contributed by atoms with Gasteiger partial charge in [-0.15, -0.1) is 0 Å². The Bertz CT molecular complexity index is 264. The molecule has 110 valence electrons. The maximum Gasteiger partial charge on any atom is 0.0392 e. The highest BCUT2D eigenvalue weighted by atomic mass is 16.0. The topological polar surface area (TPSA) is 43.9 Å². The summed E-state index contributed by atoms with van der Waals surface area (Å²) in [4.78, 5) is 4.92. The van der Waals surface area contributed by atoms with Gasteiger partial charge in [-0.25, -0.2) is 0 Å². The van der Waals surface area contributed by atoms with Gasteiger partial charge in [0.05, 0.1) is 0 Å². The van der Waals surface area contributed by atoms with Crippen molar-refractivity contribution in [2.45, 2.75) is 83.5 Å². The Hall–Kier alpha value is -0.630. The highest BCUT2D eigenvalue weighted by Gasteiger charge is 2.09. The van der Waals surface area contributed by atoms with Crippen LogP contribution in [0.2, 0.25) is 0 Å². The fraction of sp³-hybridized carbons (Fsp3) is 0.824. The lowest BCUT2D eigenvalue weighted by Gasteiger charge is -2.10. The predicted octanol–water partition coefficient (Wildman–Crippen LogP) is 4.63. The molecule has 0 bridgehead atoms. The molecular weight excluding hydrogens is 234 g/mol. The monoisotopic (exact) mass is 265 g/mol. The molecule has 2 rings (SSSR count). The van der Waals surface area contributed by atoms with Crippen LogP contribution >= 0.6 is 0 Å². The van der Waals surface area contributed by atoms with Crippen LogP contribution in [0.5, 0.6) is 0 Å². The van der Waals surface area contributed by atoms with E-state index in [1.165, 1.54) is 89.2 Å². The molecule has 19 heavy (non-hydrogen) atoms. The van der Waals surface area contributed by atoms with Crippen molar-refractivity contribution < 1.29 is 5.48 Å². The van der Waals surface area contributed by atoms with Gasteiger partial charge in [0.2, 0.25) is 0 Å². The molecule has 0 aromatic heterocycles. The average molecular weight is 265 g/mol. The van der Waals surface area contributed by atoms with E-state index in [9.17, 15) is 0 Å². The van der Waals surface area contributed by atoms with Gasteiger partial charge >= 0.3 is 0 Å². The largest absolute Gasteiger partial charge is 0.412 e. The van der Waals surface area contributed by atoms with Crippen LogP contribution in [0.4, 0.5) is 0 Å². The van der Waals surface area contributed by atoms with Crippen molar-refractivity contribution in [3.63, 3.8) is 0 Å². The first-order valence-electron chi connectivity index (χ1n) is 8.19. The summed E-state index contributed by atoms with van der Waals surface area (Å²) in [7, 11) is 0. The van der Waals surface area contributed by atoms with E-state index in [1.54, 1.807) is 5.57 Å². The molecular formula is C17H31NO. The number of rotatable bonds is 1. The Balaban J connectivity index is 0.00000180. The third kappa shape index (κ3) is 6.38. The Kier molecular flexibility index (Phi) is 8.81. The van der Waals surface area contributed by atoms with E-state index < -0.39 is 0 Å². The van der Waals surface area contributed by atoms with Gasteiger partial charge in [0.15, 0.2) is 0 Å². The minimum atomic E-state index is 0. The van der Waals surface area contributed by atoms with Crippen molar-refractivity contribution in [1.29, 1.82) is 0 Å². The van der Waals surface area contributed by atoms with Crippen molar-refractivity contribution in [3.8, 4) is 0 Å². The molecule has 2 N–H and O–H groups in total. The Morgan fingerprint density at radius 3 is 2.16 bits per heavy atom. The summed E-state index contributed by atoms with van der Waals surface area (Å²) in [5.74, 6) is 0. The minimum Gasteiger partial charge on any atom is -0.412 e. The van der Waals surface area contributed by atoms with Crippen LogP contribution in [0, 0.1) is 0 Å². The first-order chi connectivity index (χ1) is 8.97. The number of allylic oxidation sites excluding steroid dienone is 2. The van der Waals surface area contributed by atoms with E-state index >= 15 is 0 Å². The van der Waals surface area contributed by atoms with E-state index in [1.807, 2.05) is 0 Å². The molecule has 0 amide bonds. The highest BCUT2D eigenvalue weighted by Crippen LogP contribution is 2.21. The van der Waals surface area contributed by atoms with Crippen molar-refractivity contribution in [1.82, 2.24) is 0 Å². The average Bonchev–Trinajstić information content (AvgIpc) is 2.61. The van der Waals surface area contributed by atoms with E-state index in [-0.39, 0.29) is 5.48 Å². The fourth-order valence-corrected chi connectivity index (χ4v) is 3.12. The molecule has 1 aliphatic carbocycles. The zero-order valence-corrected chi connectivity index (χ0v) is 12.4. The first kappa shape index (κ1) is 16.4. The third-order valence-electron chi connectivity index (χ3n) is 4.29. The number of aliphatic imine (C=N–C) groups is 1. The second-order valence-corrected chi connectivity index (χ2v) is 5.88. The van der Waals surface area contributed by atoms with Crippen molar-refractivity contribution >= 4 is 5.71 Å². The molecule has 0 radical (unpaired) electrons. The van der Waals surface area contributed by atoms with Crippen LogP contribution in [-0.2, 0) is 0 Å². The summed E-state index contributed by atoms with van der Waals surface area (Å²) in [6, 6.07) is 0.